The third-order valence-electron chi connectivity index (χ3n) is 6.07. The minimum Gasteiger partial charge on any atom is -0.487 e. The van der Waals surface area contributed by atoms with Gasteiger partial charge in [0.25, 0.3) is 5.91 Å². The Labute approximate surface area is 174 Å². The second-order valence-electron chi connectivity index (χ2n) is 8.08. The van der Waals surface area contributed by atoms with Crippen molar-refractivity contribution in [2.24, 2.45) is 0 Å². The zero-order valence-corrected chi connectivity index (χ0v) is 18.2. The first kappa shape index (κ1) is 21.2. The summed E-state index contributed by atoms with van der Waals surface area (Å²) in [7, 11) is 0. The number of fused-ring (bicyclic) bond motifs is 1. The Morgan fingerprint density at radius 3 is 2.55 bits per heavy atom. The molecule has 3 rings (SSSR count). The van der Waals surface area contributed by atoms with Crippen LogP contribution in [-0.4, -0.2) is 17.6 Å². The molecule has 0 unspecified atom stereocenters. The average molecular weight is 396 g/mol. The van der Waals surface area contributed by atoms with E-state index in [2.05, 4.69) is 32.2 Å². The molecular weight excluding hydrogens is 362 g/mol. The summed E-state index contributed by atoms with van der Waals surface area (Å²) in [5, 5.41) is 3.26. The number of para-hydroxylation sites is 1. The minimum absolute atomic E-state index is 0.0738. The molecule has 2 aromatic carbocycles. The van der Waals surface area contributed by atoms with Gasteiger partial charge in [-0.15, -0.1) is 0 Å². The van der Waals surface area contributed by atoms with Gasteiger partial charge in [0.05, 0.1) is 6.04 Å². The number of aryl methyl sites for hydroxylation is 2. The summed E-state index contributed by atoms with van der Waals surface area (Å²) in [5.41, 5.74) is 3.02. The Hall–Kier alpha value is -2.49. The summed E-state index contributed by atoms with van der Waals surface area (Å²) in [6, 6.07) is 14.0. The van der Waals surface area contributed by atoms with Crippen molar-refractivity contribution in [2.75, 3.05) is 0 Å². The number of carbonyl (C=O) groups excluding carboxylic acids is 1. The van der Waals surface area contributed by atoms with E-state index in [1.165, 1.54) is 5.56 Å². The zero-order chi connectivity index (χ0) is 21.0. The highest BCUT2D eigenvalue weighted by molar-refractivity contribution is 5.81. The second kappa shape index (κ2) is 8.89. The molecule has 0 fully saturated rings. The average Bonchev–Trinajstić information content (AvgIpc) is 2.73. The van der Waals surface area contributed by atoms with Gasteiger partial charge in [-0.25, -0.2) is 0 Å². The lowest BCUT2D eigenvalue weighted by atomic mass is 9.83. The summed E-state index contributed by atoms with van der Waals surface area (Å²) in [6.45, 7) is 10.3. The van der Waals surface area contributed by atoms with E-state index in [1.807, 2.05) is 50.2 Å². The molecule has 1 N–H and O–H groups in total. The highest BCUT2D eigenvalue weighted by Crippen LogP contribution is 2.42. The van der Waals surface area contributed by atoms with Gasteiger partial charge in [0, 0.05) is 12.0 Å². The standard InChI is InChI=1S/C25H33NO3/c1-6-21(28-22-14-13-17(4)15-18(22)5)24(27)26-20-16-25(7-2,8-3)29-23-12-10-9-11-19(20)23/h9-15,20-21H,6-8,16H2,1-5H3,(H,26,27)/t20-,21+/m0/s1. The maximum Gasteiger partial charge on any atom is 0.261 e. The van der Waals surface area contributed by atoms with E-state index in [0.717, 1.165) is 41.9 Å². The van der Waals surface area contributed by atoms with Crippen LogP contribution in [0.4, 0.5) is 0 Å². The summed E-state index contributed by atoms with van der Waals surface area (Å²) in [4.78, 5) is 13.1. The number of benzene rings is 2. The predicted molar refractivity (Wildman–Crippen MR) is 117 cm³/mol. The first-order valence-electron chi connectivity index (χ1n) is 10.7. The Bertz CT molecular complexity index is 857. The SMILES string of the molecule is CC[C@@H](Oc1ccc(C)cc1C)C(=O)N[C@H]1CC(CC)(CC)Oc2ccccc21. The normalized spacial score (nSPS) is 18.3. The van der Waals surface area contributed by atoms with Crippen LogP contribution < -0.4 is 14.8 Å². The van der Waals surface area contributed by atoms with Crippen molar-refractivity contribution in [2.45, 2.75) is 78.0 Å². The molecule has 4 heteroatoms. The van der Waals surface area contributed by atoms with Gasteiger partial charge in [0.1, 0.15) is 17.1 Å². The van der Waals surface area contributed by atoms with Crippen molar-refractivity contribution in [1.29, 1.82) is 0 Å². The smallest absolute Gasteiger partial charge is 0.261 e. The van der Waals surface area contributed by atoms with E-state index < -0.39 is 6.10 Å². The maximum atomic E-state index is 13.1. The van der Waals surface area contributed by atoms with Gasteiger partial charge in [-0.3, -0.25) is 4.79 Å². The molecule has 1 heterocycles. The Balaban J connectivity index is 1.80. The molecule has 0 saturated heterocycles. The number of rotatable bonds is 7. The van der Waals surface area contributed by atoms with Crippen LogP contribution in [0.3, 0.4) is 0 Å². The molecule has 1 amide bonds. The molecule has 2 aromatic rings. The van der Waals surface area contributed by atoms with Crippen LogP contribution in [0.25, 0.3) is 0 Å². The first-order chi connectivity index (χ1) is 13.9. The van der Waals surface area contributed by atoms with E-state index in [4.69, 9.17) is 9.47 Å². The number of amides is 1. The Kier molecular flexibility index (Phi) is 6.51. The van der Waals surface area contributed by atoms with Gasteiger partial charge in [0.2, 0.25) is 0 Å². The van der Waals surface area contributed by atoms with Gasteiger partial charge >= 0.3 is 0 Å². The fraction of sp³-hybridized carbons (Fsp3) is 0.480. The summed E-state index contributed by atoms with van der Waals surface area (Å²) < 4.78 is 12.5. The van der Waals surface area contributed by atoms with Gasteiger partial charge in [0.15, 0.2) is 6.10 Å². The maximum absolute atomic E-state index is 13.1. The van der Waals surface area contributed by atoms with Crippen molar-refractivity contribution in [1.82, 2.24) is 5.32 Å². The molecule has 0 radical (unpaired) electrons. The number of carbonyl (C=O) groups is 1. The fourth-order valence-corrected chi connectivity index (χ4v) is 4.10. The minimum atomic E-state index is -0.524. The molecule has 0 saturated carbocycles. The van der Waals surface area contributed by atoms with Gasteiger partial charge in [-0.1, -0.05) is 56.7 Å². The fourth-order valence-electron chi connectivity index (χ4n) is 4.10. The van der Waals surface area contributed by atoms with Crippen LogP contribution in [0, 0.1) is 13.8 Å². The van der Waals surface area contributed by atoms with Gasteiger partial charge in [-0.2, -0.15) is 0 Å². The molecule has 1 aliphatic rings. The lowest BCUT2D eigenvalue weighted by molar-refractivity contribution is -0.129. The van der Waals surface area contributed by atoms with E-state index in [0.29, 0.717) is 6.42 Å². The summed E-state index contributed by atoms with van der Waals surface area (Å²) in [6.07, 6.45) is 2.66. The quantitative estimate of drug-likeness (QED) is 0.658. The highest BCUT2D eigenvalue weighted by atomic mass is 16.5. The first-order valence-corrected chi connectivity index (χ1v) is 10.7. The Morgan fingerprint density at radius 1 is 1.17 bits per heavy atom. The van der Waals surface area contributed by atoms with Crippen LogP contribution in [0.2, 0.25) is 0 Å². The molecule has 0 bridgehead atoms. The molecular formula is C25H33NO3. The summed E-state index contributed by atoms with van der Waals surface area (Å²) >= 11 is 0. The molecule has 0 aliphatic carbocycles. The largest absolute Gasteiger partial charge is 0.487 e. The molecule has 0 spiro atoms. The molecule has 156 valence electrons. The highest BCUT2D eigenvalue weighted by Gasteiger charge is 2.39. The van der Waals surface area contributed by atoms with Crippen molar-refractivity contribution in [3.05, 3.63) is 59.2 Å². The van der Waals surface area contributed by atoms with Gasteiger partial charge in [-0.05, 0) is 50.8 Å². The van der Waals surface area contributed by atoms with Crippen LogP contribution in [0.5, 0.6) is 11.5 Å². The number of nitrogens with one attached hydrogen (secondary N) is 1. The predicted octanol–water partition coefficient (Wildman–Crippen LogP) is 5.66. The number of hydrogen-bond donors (Lipinski definition) is 1. The van der Waals surface area contributed by atoms with Crippen LogP contribution in [0.15, 0.2) is 42.5 Å². The van der Waals surface area contributed by atoms with Crippen LogP contribution in [-0.2, 0) is 4.79 Å². The van der Waals surface area contributed by atoms with Crippen LogP contribution >= 0.6 is 0 Å². The molecule has 2 atom stereocenters. The van der Waals surface area contributed by atoms with Crippen molar-refractivity contribution >= 4 is 5.91 Å². The van der Waals surface area contributed by atoms with E-state index in [9.17, 15) is 4.79 Å². The number of hydrogen-bond acceptors (Lipinski definition) is 3. The zero-order valence-electron chi connectivity index (χ0n) is 18.2. The van der Waals surface area contributed by atoms with Crippen molar-refractivity contribution in [3.63, 3.8) is 0 Å². The molecule has 1 aliphatic heterocycles. The molecule has 4 nitrogen and oxygen atoms in total. The third-order valence-corrected chi connectivity index (χ3v) is 6.07. The molecule has 0 aromatic heterocycles. The van der Waals surface area contributed by atoms with Gasteiger partial charge < -0.3 is 14.8 Å². The van der Waals surface area contributed by atoms with Crippen LogP contribution in [0.1, 0.15) is 69.2 Å². The third kappa shape index (κ3) is 4.58. The van der Waals surface area contributed by atoms with E-state index in [-0.39, 0.29) is 17.6 Å². The Morgan fingerprint density at radius 2 is 1.90 bits per heavy atom. The van der Waals surface area contributed by atoms with E-state index >= 15 is 0 Å². The second-order valence-corrected chi connectivity index (χ2v) is 8.08. The van der Waals surface area contributed by atoms with Crippen molar-refractivity contribution < 1.29 is 14.3 Å². The topological polar surface area (TPSA) is 47.6 Å². The lowest BCUT2D eigenvalue weighted by Crippen LogP contribution is -2.47. The molecule has 29 heavy (non-hydrogen) atoms. The lowest BCUT2D eigenvalue weighted by Gasteiger charge is -2.42. The number of ether oxygens (including phenoxy) is 2. The van der Waals surface area contributed by atoms with Crippen molar-refractivity contribution in [3.8, 4) is 11.5 Å². The summed E-state index contributed by atoms with van der Waals surface area (Å²) in [5.74, 6) is 1.56. The monoisotopic (exact) mass is 395 g/mol. The van der Waals surface area contributed by atoms with E-state index in [1.54, 1.807) is 0 Å².